The Bertz CT molecular complexity index is 355. The van der Waals surface area contributed by atoms with E-state index in [1.54, 1.807) is 5.38 Å². The first-order valence-corrected chi connectivity index (χ1v) is 4.32. The minimum Gasteiger partial charge on any atom is -0.477 e. The molecule has 6 nitrogen and oxygen atoms in total. The first kappa shape index (κ1) is 10.2. The van der Waals surface area contributed by atoms with Gasteiger partial charge >= 0.3 is 11.9 Å². The van der Waals surface area contributed by atoms with Gasteiger partial charge in [0.15, 0.2) is 10.7 Å². The van der Waals surface area contributed by atoms with E-state index in [0.717, 1.165) is 6.20 Å². The summed E-state index contributed by atoms with van der Waals surface area (Å²) >= 11 is 1.24. The van der Waals surface area contributed by atoms with E-state index in [1.165, 1.54) is 17.5 Å². The van der Waals surface area contributed by atoms with Crippen LogP contribution in [-0.2, 0) is 9.59 Å². The molecule has 0 fully saturated rings. The molecule has 0 aromatic carbocycles. The highest BCUT2D eigenvalue weighted by Crippen LogP contribution is 2.10. The van der Waals surface area contributed by atoms with Crippen LogP contribution in [0.25, 0.3) is 0 Å². The van der Waals surface area contributed by atoms with Gasteiger partial charge in [-0.1, -0.05) is 0 Å². The monoisotopic (exact) mass is 214 g/mol. The summed E-state index contributed by atoms with van der Waals surface area (Å²) in [6.45, 7) is 0. The van der Waals surface area contributed by atoms with Crippen molar-refractivity contribution in [1.82, 2.24) is 4.98 Å². The molecule has 0 unspecified atom stereocenters. The average molecular weight is 214 g/mol. The van der Waals surface area contributed by atoms with Crippen LogP contribution in [0.1, 0.15) is 0 Å². The third kappa shape index (κ3) is 2.56. The van der Waals surface area contributed by atoms with Crippen molar-refractivity contribution in [3.05, 3.63) is 23.3 Å². The van der Waals surface area contributed by atoms with Crippen LogP contribution < -0.4 is 5.32 Å². The predicted molar refractivity (Wildman–Crippen MR) is 49.1 cm³/mol. The van der Waals surface area contributed by atoms with E-state index in [1.807, 2.05) is 0 Å². The van der Waals surface area contributed by atoms with Gasteiger partial charge in [-0.05, 0) is 0 Å². The fourth-order valence-corrected chi connectivity index (χ4v) is 1.14. The van der Waals surface area contributed by atoms with Crippen molar-refractivity contribution in [3.8, 4) is 0 Å². The molecule has 0 spiro atoms. The van der Waals surface area contributed by atoms with E-state index in [9.17, 15) is 9.59 Å². The molecule has 14 heavy (non-hydrogen) atoms. The van der Waals surface area contributed by atoms with E-state index in [4.69, 9.17) is 10.2 Å². The first-order chi connectivity index (χ1) is 6.61. The number of aliphatic carboxylic acids is 2. The molecule has 0 aliphatic rings. The Balaban J connectivity index is 2.75. The van der Waals surface area contributed by atoms with E-state index in [2.05, 4.69) is 10.3 Å². The molecule has 1 aromatic rings. The van der Waals surface area contributed by atoms with Gasteiger partial charge < -0.3 is 15.5 Å². The highest BCUT2D eigenvalue weighted by Gasteiger charge is 2.15. The summed E-state index contributed by atoms with van der Waals surface area (Å²) in [5, 5.41) is 21.5. The molecular formula is C7H6N2O4S. The number of nitrogens with one attached hydrogen (secondary N) is 1. The van der Waals surface area contributed by atoms with Crippen molar-refractivity contribution in [2.75, 3.05) is 5.32 Å². The van der Waals surface area contributed by atoms with Crippen molar-refractivity contribution < 1.29 is 19.8 Å². The maximum Gasteiger partial charge on any atom is 0.344 e. The zero-order chi connectivity index (χ0) is 10.6. The van der Waals surface area contributed by atoms with Crippen LogP contribution in [0.2, 0.25) is 0 Å². The molecule has 7 heteroatoms. The summed E-state index contributed by atoms with van der Waals surface area (Å²) < 4.78 is 0. The lowest BCUT2D eigenvalue weighted by atomic mass is 10.3. The van der Waals surface area contributed by atoms with Crippen molar-refractivity contribution >= 4 is 28.4 Å². The maximum atomic E-state index is 10.4. The number of carbonyl (C=O) groups is 2. The molecule has 0 saturated heterocycles. The van der Waals surface area contributed by atoms with Crippen LogP contribution in [-0.4, -0.2) is 27.1 Å². The number of anilines is 1. The lowest BCUT2D eigenvalue weighted by Crippen LogP contribution is -2.12. The number of carboxylic acids is 2. The Kier molecular flexibility index (Phi) is 3.19. The smallest absolute Gasteiger partial charge is 0.344 e. The van der Waals surface area contributed by atoms with Gasteiger partial charge in [-0.25, -0.2) is 14.6 Å². The molecular weight excluding hydrogens is 208 g/mol. The summed E-state index contributed by atoms with van der Waals surface area (Å²) in [5.74, 6) is -3.00. The Hall–Kier alpha value is -1.89. The van der Waals surface area contributed by atoms with Crippen LogP contribution in [0.3, 0.4) is 0 Å². The fourth-order valence-electron chi connectivity index (χ4n) is 0.644. The minimum atomic E-state index is -1.50. The standard InChI is InChI=1S/C7H6N2O4S/c10-5(11)4(6(12)13)3-9-7-8-1-2-14-7/h1-3H,(H,8,9)(H,10,11)(H,12,13). The van der Waals surface area contributed by atoms with Crippen molar-refractivity contribution in [2.45, 2.75) is 0 Å². The maximum absolute atomic E-state index is 10.4. The lowest BCUT2D eigenvalue weighted by molar-refractivity contribution is -0.140. The molecule has 0 bridgehead atoms. The molecule has 74 valence electrons. The van der Waals surface area contributed by atoms with Gasteiger partial charge in [0.2, 0.25) is 0 Å². The van der Waals surface area contributed by atoms with E-state index in [0.29, 0.717) is 5.13 Å². The highest BCUT2D eigenvalue weighted by atomic mass is 32.1. The third-order valence-electron chi connectivity index (χ3n) is 1.23. The van der Waals surface area contributed by atoms with Crippen LogP contribution >= 0.6 is 11.3 Å². The highest BCUT2D eigenvalue weighted by molar-refractivity contribution is 7.13. The molecule has 1 aromatic heterocycles. The van der Waals surface area contributed by atoms with Gasteiger partial charge in [0.25, 0.3) is 0 Å². The molecule has 3 N–H and O–H groups in total. The van der Waals surface area contributed by atoms with Crippen LogP contribution in [0.5, 0.6) is 0 Å². The van der Waals surface area contributed by atoms with Crippen molar-refractivity contribution in [2.24, 2.45) is 0 Å². The van der Waals surface area contributed by atoms with Crippen molar-refractivity contribution in [1.29, 1.82) is 0 Å². The molecule has 0 aliphatic heterocycles. The number of rotatable bonds is 4. The Labute approximate surface area is 82.5 Å². The predicted octanol–water partition coefficient (Wildman–Crippen LogP) is 0.608. The van der Waals surface area contributed by atoms with Crippen LogP contribution in [0.15, 0.2) is 23.3 Å². The van der Waals surface area contributed by atoms with Gasteiger partial charge in [-0.3, -0.25) is 0 Å². The molecule has 0 saturated carbocycles. The quantitative estimate of drug-likeness (QED) is 0.385. The topological polar surface area (TPSA) is 99.5 Å². The molecule has 1 rings (SSSR count). The zero-order valence-corrected chi connectivity index (χ0v) is 7.61. The van der Waals surface area contributed by atoms with Crippen molar-refractivity contribution in [3.63, 3.8) is 0 Å². The lowest BCUT2D eigenvalue weighted by Gasteiger charge is -1.96. The van der Waals surface area contributed by atoms with Crippen LogP contribution in [0.4, 0.5) is 5.13 Å². The van der Waals surface area contributed by atoms with Crippen LogP contribution in [0, 0.1) is 0 Å². The summed E-state index contributed by atoms with van der Waals surface area (Å²) in [4.78, 5) is 24.6. The van der Waals surface area contributed by atoms with Gasteiger partial charge in [0.05, 0.1) is 0 Å². The molecule has 0 radical (unpaired) electrons. The number of thiazole rings is 1. The van der Waals surface area contributed by atoms with Gasteiger partial charge in [-0.2, -0.15) is 0 Å². The van der Waals surface area contributed by atoms with E-state index < -0.39 is 17.5 Å². The zero-order valence-electron chi connectivity index (χ0n) is 6.80. The van der Waals surface area contributed by atoms with Gasteiger partial charge in [-0.15, -0.1) is 11.3 Å². The molecule has 1 heterocycles. The van der Waals surface area contributed by atoms with E-state index in [-0.39, 0.29) is 0 Å². The Morgan fingerprint density at radius 2 is 2.07 bits per heavy atom. The fraction of sp³-hybridized carbons (Fsp3) is 0. The Morgan fingerprint density at radius 3 is 2.50 bits per heavy atom. The normalized spacial score (nSPS) is 9.14. The second-order valence-electron chi connectivity index (χ2n) is 2.15. The number of nitrogens with zero attached hydrogens (tertiary/aromatic N) is 1. The minimum absolute atomic E-state index is 0.435. The summed E-state index contributed by atoms with van der Waals surface area (Å²) in [7, 11) is 0. The number of hydrogen-bond acceptors (Lipinski definition) is 5. The molecule has 0 atom stereocenters. The van der Waals surface area contributed by atoms with Gasteiger partial charge in [0.1, 0.15) is 0 Å². The van der Waals surface area contributed by atoms with E-state index >= 15 is 0 Å². The summed E-state index contributed by atoms with van der Waals surface area (Å²) in [5.41, 5.74) is -0.736. The summed E-state index contributed by atoms with van der Waals surface area (Å²) in [6.07, 6.45) is 2.41. The second-order valence-corrected chi connectivity index (χ2v) is 3.04. The Morgan fingerprint density at radius 1 is 1.43 bits per heavy atom. The molecule has 0 amide bonds. The largest absolute Gasteiger partial charge is 0.477 e. The second kappa shape index (κ2) is 4.38. The average Bonchev–Trinajstić information content (AvgIpc) is 2.55. The molecule has 0 aliphatic carbocycles. The SMILES string of the molecule is O=C(O)C(=CNc1nccs1)C(=O)O. The first-order valence-electron chi connectivity index (χ1n) is 3.44. The van der Waals surface area contributed by atoms with Gasteiger partial charge in [0, 0.05) is 17.8 Å². The number of hydrogen-bond donors (Lipinski definition) is 3. The summed E-state index contributed by atoms with van der Waals surface area (Å²) in [6, 6.07) is 0. The third-order valence-corrected chi connectivity index (χ3v) is 1.94. The number of aromatic nitrogens is 1. The number of carboxylic acid groups (broad SMARTS) is 2.